The summed E-state index contributed by atoms with van der Waals surface area (Å²) in [5, 5.41) is 0. The summed E-state index contributed by atoms with van der Waals surface area (Å²) >= 11 is 3.41. The van der Waals surface area contributed by atoms with Crippen LogP contribution in [0.5, 0.6) is 11.6 Å². The van der Waals surface area contributed by atoms with Crippen LogP contribution >= 0.6 is 15.9 Å². The molecule has 2 saturated heterocycles. The van der Waals surface area contributed by atoms with Crippen molar-refractivity contribution < 1.29 is 9.53 Å². The molecule has 0 radical (unpaired) electrons. The summed E-state index contributed by atoms with van der Waals surface area (Å²) in [6, 6.07) is 11.2. The number of hydrogen-bond acceptors (Lipinski definition) is 4. The van der Waals surface area contributed by atoms with Gasteiger partial charge in [0.05, 0.1) is 5.56 Å². The summed E-state index contributed by atoms with van der Waals surface area (Å²) in [6.07, 6.45) is 6.53. The highest BCUT2D eigenvalue weighted by Crippen LogP contribution is 2.24. The summed E-state index contributed by atoms with van der Waals surface area (Å²) in [4.78, 5) is 22.0. The van der Waals surface area contributed by atoms with E-state index in [1.165, 1.54) is 32.4 Å². The minimum Gasteiger partial charge on any atom is -0.439 e. The van der Waals surface area contributed by atoms with E-state index in [0.29, 0.717) is 17.4 Å². The molecule has 0 aliphatic carbocycles. The van der Waals surface area contributed by atoms with Crippen LogP contribution in [0.4, 0.5) is 0 Å². The molecule has 5 nitrogen and oxygen atoms in total. The van der Waals surface area contributed by atoms with Crippen molar-refractivity contribution >= 4 is 21.8 Å². The quantitative estimate of drug-likeness (QED) is 0.599. The van der Waals surface area contributed by atoms with Gasteiger partial charge in [-0.15, -0.1) is 0 Å². The number of amides is 1. The Morgan fingerprint density at radius 1 is 1.10 bits per heavy atom. The molecule has 1 unspecified atom stereocenters. The Morgan fingerprint density at radius 2 is 1.87 bits per heavy atom. The predicted molar refractivity (Wildman–Crippen MR) is 122 cm³/mol. The fourth-order valence-electron chi connectivity index (χ4n) is 4.38. The van der Waals surface area contributed by atoms with Crippen LogP contribution in [0.2, 0.25) is 0 Å². The first-order chi connectivity index (χ1) is 14.6. The Morgan fingerprint density at radius 3 is 2.57 bits per heavy atom. The summed E-state index contributed by atoms with van der Waals surface area (Å²) in [7, 11) is 0. The first kappa shape index (κ1) is 21.3. The van der Waals surface area contributed by atoms with Gasteiger partial charge in [0.2, 0.25) is 5.88 Å². The molecule has 2 fully saturated rings. The molecule has 0 spiro atoms. The molecular weight excluding hydrogens is 442 g/mol. The molecule has 0 saturated carbocycles. The minimum absolute atomic E-state index is 0.0784. The molecule has 1 aromatic carbocycles. The number of benzene rings is 1. The second-order valence-corrected chi connectivity index (χ2v) is 9.60. The Labute approximate surface area is 187 Å². The predicted octanol–water partition coefficient (Wildman–Crippen LogP) is 5.22. The normalized spacial score (nSPS) is 20.9. The van der Waals surface area contributed by atoms with E-state index >= 15 is 0 Å². The summed E-state index contributed by atoms with van der Waals surface area (Å²) in [6.45, 7) is 7.56. The van der Waals surface area contributed by atoms with Gasteiger partial charge in [0.1, 0.15) is 5.75 Å². The van der Waals surface area contributed by atoms with Crippen molar-refractivity contribution in [3.8, 4) is 11.6 Å². The van der Waals surface area contributed by atoms with Gasteiger partial charge in [0.15, 0.2) is 0 Å². The van der Waals surface area contributed by atoms with Crippen molar-refractivity contribution in [2.45, 2.75) is 32.6 Å². The smallest absolute Gasteiger partial charge is 0.255 e. The maximum Gasteiger partial charge on any atom is 0.255 e. The van der Waals surface area contributed by atoms with Gasteiger partial charge in [-0.3, -0.25) is 4.79 Å². The summed E-state index contributed by atoms with van der Waals surface area (Å²) in [5.41, 5.74) is 0.630. The fraction of sp³-hybridized carbons (Fsp3) is 0.500. The van der Waals surface area contributed by atoms with E-state index in [1.807, 2.05) is 35.2 Å². The SMILES string of the molecule is CC1CCN(CC2CCCN(C(=O)c3ccc(Oc4ccc(Br)cc4)nc3)C2)CC1. The number of hydrogen-bond donors (Lipinski definition) is 0. The highest BCUT2D eigenvalue weighted by Gasteiger charge is 2.27. The van der Waals surface area contributed by atoms with Crippen LogP contribution in [0.1, 0.15) is 43.0 Å². The van der Waals surface area contributed by atoms with Gasteiger partial charge in [-0.05, 0) is 80.9 Å². The van der Waals surface area contributed by atoms with Crippen LogP contribution in [0, 0.1) is 11.8 Å². The van der Waals surface area contributed by atoms with Crippen molar-refractivity contribution in [3.63, 3.8) is 0 Å². The van der Waals surface area contributed by atoms with Gasteiger partial charge in [0.25, 0.3) is 5.91 Å². The van der Waals surface area contributed by atoms with Crippen molar-refractivity contribution in [3.05, 3.63) is 52.6 Å². The highest BCUT2D eigenvalue weighted by molar-refractivity contribution is 9.10. The molecule has 3 heterocycles. The van der Waals surface area contributed by atoms with Crippen LogP contribution in [-0.2, 0) is 0 Å². The number of aromatic nitrogens is 1. The molecule has 6 heteroatoms. The van der Waals surface area contributed by atoms with Gasteiger partial charge in [-0.25, -0.2) is 4.98 Å². The molecule has 2 aliphatic rings. The Bertz CT molecular complexity index is 833. The van der Waals surface area contributed by atoms with E-state index < -0.39 is 0 Å². The van der Waals surface area contributed by atoms with Crippen LogP contribution in [0.15, 0.2) is 47.1 Å². The lowest BCUT2D eigenvalue weighted by molar-refractivity contribution is 0.0622. The first-order valence-electron chi connectivity index (χ1n) is 11.0. The fourth-order valence-corrected chi connectivity index (χ4v) is 4.65. The van der Waals surface area contributed by atoms with Gasteiger partial charge in [-0.2, -0.15) is 0 Å². The Balaban J connectivity index is 1.32. The molecule has 30 heavy (non-hydrogen) atoms. The lowest BCUT2D eigenvalue weighted by atomic mass is 9.94. The zero-order chi connectivity index (χ0) is 20.9. The number of piperidine rings is 2. The van der Waals surface area contributed by atoms with E-state index in [1.54, 1.807) is 12.3 Å². The zero-order valence-electron chi connectivity index (χ0n) is 17.6. The molecule has 0 bridgehead atoms. The average molecular weight is 472 g/mol. The lowest BCUT2D eigenvalue weighted by Crippen LogP contribution is -2.45. The number of ether oxygens (including phenoxy) is 1. The number of halogens is 1. The Kier molecular flexibility index (Phi) is 7.05. The lowest BCUT2D eigenvalue weighted by Gasteiger charge is -2.37. The molecule has 4 rings (SSSR count). The zero-order valence-corrected chi connectivity index (χ0v) is 19.2. The molecule has 1 atom stereocenters. The third kappa shape index (κ3) is 5.61. The third-order valence-corrected chi connectivity index (χ3v) is 6.75. The Hall–Kier alpha value is -1.92. The van der Waals surface area contributed by atoms with E-state index in [-0.39, 0.29) is 5.91 Å². The molecule has 1 amide bonds. The molecule has 2 aliphatic heterocycles. The van der Waals surface area contributed by atoms with E-state index in [4.69, 9.17) is 4.74 Å². The molecule has 1 aromatic heterocycles. The second kappa shape index (κ2) is 9.92. The van der Waals surface area contributed by atoms with E-state index in [2.05, 4.69) is 32.7 Å². The monoisotopic (exact) mass is 471 g/mol. The van der Waals surface area contributed by atoms with Gasteiger partial charge < -0.3 is 14.5 Å². The van der Waals surface area contributed by atoms with Crippen molar-refractivity contribution in [1.82, 2.24) is 14.8 Å². The van der Waals surface area contributed by atoms with Crippen molar-refractivity contribution in [1.29, 1.82) is 0 Å². The maximum atomic E-state index is 13.0. The molecular formula is C24H30BrN3O2. The first-order valence-corrected chi connectivity index (χ1v) is 11.8. The number of carbonyl (C=O) groups is 1. The standard InChI is InChI=1S/C24H30BrN3O2/c1-18-10-13-27(14-11-18)16-19-3-2-12-28(17-19)24(29)20-4-9-23(26-15-20)30-22-7-5-21(25)6-8-22/h4-9,15,18-19H,2-3,10-14,16-17H2,1H3. The molecule has 160 valence electrons. The van der Waals surface area contributed by atoms with Gasteiger partial charge in [-0.1, -0.05) is 22.9 Å². The minimum atomic E-state index is 0.0784. The van der Waals surface area contributed by atoms with Crippen molar-refractivity contribution in [2.24, 2.45) is 11.8 Å². The number of carbonyl (C=O) groups excluding carboxylic acids is 1. The largest absolute Gasteiger partial charge is 0.439 e. The van der Waals surface area contributed by atoms with E-state index in [9.17, 15) is 4.79 Å². The van der Waals surface area contributed by atoms with Crippen LogP contribution < -0.4 is 4.74 Å². The number of likely N-dealkylation sites (tertiary alicyclic amines) is 2. The topological polar surface area (TPSA) is 45.7 Å². The number of nitrogens with zero attached hydrogens (tertiary/aromatic N) is 3. The second-order valence-electron chi connectivity index (χ2n) is 8.68. The molecule has 0 N–H and O–H groups in total. The van der Waals surface area contributed by atoms with Crippen LogP contribution in [0.3, 0.4) is 0 Å². The van der Waals surface area contributed by atoms with Gasteiger partial charge >= 0.3 is 0 Å². The van der Waals surface area contributed by atoms with Crippen LogP contribution in [-0.4, -0.2) is 53.4 Å². The molecule has 2 aromatic rings. The third-order valence-electron chi connectivity index (χ3n) is 6.22. The maximum absolute atomic E-state index is 13.0. The average Bonchev–Trinajstić information content (AvgIpc) is 2.77. The van der Waals surface area contributed by atoms with Gasteiger partial charge in [0, 0.05) is 36.4 Å². The van der Waals surface area contributed by atoms with Crippen molar-refractivity contribution in [2.75, 3.05) is 32.7 Å². The summed E-state index contributed by atoms with van der Waals surface area (Å²) in [5.74, 6) is 2.72. The highest BCUT2D eigenvalue weighted by atomic mass is 79.9. The van der Waals surface area contributed by atoms with E-state index in [0.717, 1.165) is 42.2 Å². The van der Waals surface area contributed by atoms with Crippen LogP contribution in [0.25, 0.3) is 0 Å². The number of pyridine rings is 1. The number of rotatable bonds is 5. The summed E-state index contributed by atoms with van der Waals surface area (Å²) < 4.78 is 6.76.